The number of aromatic nitrogens is 1. The number of hydrogen-bond acceptors (Lipinski definition) is 4. The molecule has 6 heteroatoms. The molecule has 0 bridgehead atoms. The molecule has 1 aliphatic rings. The van der Waals surface area contributed by atoms with Gasteiger partial charge in [0.2, 0.25) is 0 Å². The minimum atomic E-state index is -0.266. The molecule has 0 spiro atoms. The van der Waals surface area contributed by atoms with Crippen LogP contribution in [0, 0.1) is 31.1 Å². The van der Waals surface area contributed by atoms with Crippen molar-refractivity contribution in [2.45, 2.75) is 40.8 Å². The zero-order valence-electron chi connectivity index (χ0n) is 19.9. The molecule has 2 aromatic rings. The van der Waals surface area contributed by atoms with Crippen LogP contribution in [0.25, 0.3) is 6.08 Å². The standard InChI is InChI=1S/C26H34N4O2/c1-19(2)17-30-20(3)14-23(21(30)4)15-24(16-27)26(31)28(5)18-22-8-6-7-9-25(22)29-10-12-32-13-11-29/h6-9,14-15,19H,10-13,17-18H2,1-5H3/b24-15-. The number of ether oxygens (including phenoxy) is 1. The molecule has 3 rings (SSSR count). The van der Waals surface area contributed by atoms with Crippen LogP contribution in [0.4, 0.5) is 5.69 Å². The molecule has 1 aromatic carbocycles. The van der Waals surface area contributed by atoms with Crippen LogP contribution in [0.1, 0.15) is 36.4 Å². The largest absolute Gasteiger partial charge is 0.378 e. The molecular formula is C26H34N4O2. The Morgan fingerprint density at radius 3 is 2.59 bits per heavy atom. The molecule has 170 valence electrons. The van der Waals surface area contributed by atoms with Crippen LogP contribution in [-0.2, 0) is 22.6 Å². The number of likely N-dealkylation sites (N-methyl/N-ethyl adjacent to an activating group) is 1. The van der Waals surface area contributed by atoms with Gasteiger partial charge in [-0.15, -0.1) is 0 Å². The first-order chi connectivity index (χ1) is 15.3. The number of anilines is 1. The predicted molar refractivity (Wildman–Crippen MR) is 128 cm³/mol. The van der Waals surface area contributed by atoms with Gasteiger partial charge in [0, 0.05) is 50.3 Å². The molecule has 1 aromatic heterocycles. The fraction of sp³-hybridized carbons (Fsp3) is 0.462. The molecule has 1 fully saturated rings. The van der Waals surface area contributed by atoms with Crippen molar-refractivity contribution in [2.75, 3.05) is 38.3 Å². The Morgan fingerprint density at radius 1 is 1.25 bits per heavy atom. The Kier molecular flexibility index (Phi) is 7.76. The van der Waals surface area contributed by atoms with E-state index in [4.69, 9.17) is 4.74 Å². The van der Waals surface area contributed by atoms with Gasteiger partial charge in [0.15, 0.2) is 0 Å². The van der Waals surface area contributed by atoms with Gasteiger partial charge in [0.25, 0.3) is 5.91 Å². The van der Waals surface area contributed by atoms with Crippen molar-refractivity contribution in [3.05, 3.63) is 58.4 Å². The van der Waals surface area contributed by atoms with Crippen LogP contribution in [0.2, 0.25) is 0 Å². The molecular weight excluding hydrogens is 400 g/mol. The molecule has 1 aliphatic heterocycles. The van der Waals surface area contributed by atoms with Gasteiger partial charge in [-0.05, 0) is 49.1 Å². The van der Waals surface area contributed by atoms with Crippen LogP contribution >= 0.6 is 0 Å². The summed E-state index contributed by atoms with van der Waals surface area (Å²) in [6.45, 7) is 12.9. The summed E-state index contributed by atoms with van der Waals surface area (Å²) in [6, 6.07) is 12.3. The summed E-state index contributed by atoms with van der Waals surface area (Å²) in [5.74, 6) is 0.254. The third kappa shape index (κ3) is 5.41. The van der Waals surface area contributed by atoms with Crippen molar-refractivity contribution in [1.29, 1.82) is 5.26 Å². The van der Waals surface area contributed by atoms with Crippen molar-refractivity contribution in [2.24, 2.45) is 5.92 Å². The maximum Gasteiger partial charge on any atom is 0.264 e. The Hall–Kier alpha value is -3.04. The van der Waals surface area contributed by atoms with Crippen LogP contribution in [0.3, 0.4) is 0 Å². The average Bonchev–Trinajstić information content (AvgIpc) is 3.04. The fourth-order valence-electron chi connectivity index (χ4n) is 4.21. The van der Waals surface area contributed by atoms with E-state index in [0.29, 0.717) is 25.7 Å². The minimum Gasteiger partial charge on any atom is -0.378 e. The third-order valence-corrected chi connectivity index (χ3v) is 5.91. The Labute approximate surface area is 191 Å². The number of hydrogen-bond donors (Lipinski definition) is 0. The first kappa shape index (κ1) is 23.6. The minimum absolute atomic E-state index is 0.154. The second-order valence-corrected chi connectivity index (χ2v) is 8.89. The van der Waals surface area contributed by atoms with Gasteiger partial charge < -0.3 is 19.1 Å². The highest BCUT2D eigenvalue weighted by Gasteiger charge is 2.20. The first-order valence-electron chi connectivity index (χ1n) is 11.3. The summed E-state index contributed by atoms with van der Waals surface area (Å²) in [5.41, 5.74) is 5.49. The van der Waals surface area contributed by atoms with Gasteiger partial charge in [-0.1, -0.05) is 32.0 Å². The van der Waals surface area contributed by atoms with E-state index in [1.807, 2.05) is 25.1 Å². The van der Waals surface area contributed by atoms with Crippen molar-refractivity contribution in [1.82, 2.24) is 9.47 Å². The summed E-state index contributed by atoms with van der Waals surface area (Å²) >= 11 is 0. The SMILES string of the molecule is Cc1cc(/C=C(/C#N)C(=O)N(C)Cc2ccccc2N2CCOCC2)c(C)n1CC(C)C. The van der Waals surface area contributed by atoms with Crippen molar-refractivity contribution in [3.8, 4) is 6.07 Å². The van der Waals surface area contributed by atoms with E-state index in [-0.39, 0.29) is 11.5 Å². The number of nitriles is 1. The summed E-state index contributed by atoms with van der Waals surface area (Å²) in [6.07, 6.45) is 1.73. The highest BCUT2D eigenvalue weighted by molar-refractivity contribution is 6.01. The average molecular weight is 435 g/mol. The maximum atomic E-state index is 13.1. The molecule has 0 unspecified atom stereocenters. The summed E-state index contributed by atoms with van der Waals surface area (Å²) in [4.78, 5) is 17.1. The lowest BCUT2D eigenvalue weighted by atomic mass is 10.1. The molecule has 0 saturated carbocycles. The van der Waals surface area contributed by atoms with Gasteiger partial charge in [-0.3, -0.25) is 4.79 Å². The number of para-hydroxylation sites is 1. The summed E-state index contributed by atoms with van der Waals surface area (Å²) < 4.78 is 7.72. The van der Waals surface area contributed by atoms with Gasteiger partial charge in [-0.25, -0.2) is 0 Å². The number of aryl methyl sites for hydroxylation is 1. The van der Waals surface area contributed by atoms with E-state index in [2.05, 4.69) is 48.4 Å². The zero-order valence-corrected chi connectivity index (χ0v) is 19.9. The number of benzene rings is 1. The molecule has 0 radical (unpaired) electrons. The quantitative estimate of drug-likeness (QED) is 0.485. The number of nitrogens with zero attached hydrogens (tertiary/aromatic N) is 4. The molecule has 6 nitrogen and oxygen atoms in total. The van der Waals surface area contributed by atoms with E-state index >= 15 is 0 Å². The van der Waals surface area contributed by atoms with Crippen LogP contribution < -0.4 is 4.90 Å². The Bertz CT molecular complexity index is 1020. The predicted octanol–water partition coefficient (Wildman–Crippen LogP) is 4.16. The number of rotatable bonds is 7. The molecule has 2 heterocycles. The summed E-state index contributed by atoms with van der Waals surface area (Å²) in [5, 5.41) is 9.75. The van der Waals surface area contributed by atoms with Crippen molar-refractivity contribution >= 4 is 17.7 Å². The molecule has 0 atom stereocenters. The number of carbonyl (C=O) groups is 1. The van der Waals surface area contributed by atoms with E-state index in [0.717, 1.165) is 47.8 Å². The molecule has 1 saturated heterocycles. The Morgan fingerprint density at radius 2 is 1.94 bits per heavy atom. The maximum absolute atomic E-state index is 13.1. The number of morpholine rings is 1. The number of amides is 1. The van der Waals surface area contributed by atoms with E-state index < -0.39 is 0 Å². The molecule has 0 N–H and O–H groups in total. The van der Waals surface area contributed by atoms with Gasteiger partial charge in [0.05, 0.1) is 13.2 Å². The van der Waals surface area contributed by atoms with Gasteiger partial charge in [-0.2, -0.15) is 5.26 Å². The molecule has 1 amide bonds. The lowest BCUT2D eigenvalue weighted by Crippen LogP contribution is -2.37. The highest BCUT2D eigenvalue weighted by atomic mass is 16.5. The topological polar surface area (TPSA) is 61.5 Å². The number of carbonyl (C=O) groups excluding carboxylic acids is 1. The Balaban J connectivity index is 1.80. The second kappa shape index (κ2) is 10.5. The first-order valence-corrected chi connectivity index (χ1v) is 11.3. The lowest BCUT2D eigenvalue weighted by Gasteiger charge is -2.31. The van der Waals surface area contributed by atoms with Crippen LogP contribution in [-0.4, -0.2) is 48.7 Å². The normalized spacial score (nSPS) is 14.5. The zero-order chi connectivity index (χ0) is 23.3. The summed E-state index contributed by atoms with van der Waals surface area (Å²) in [7, 11) is 1.76. The molecule has 32 heavy (non-hydrogen) atoms. The second-order valence-electron chi connectivity index (χ2n) is 8.89. The van der Waals surface area contributed by atoms with Gasteiger partial charge in [0.1, 0.15) is 11.6 Å². The van der Waals surface area contributed by atoms with Crippen molar-refractivity contribution in [3.63, 3.8) is 0 Å². The van der Waals surface area contributed by atoms with Crippen molar-refractivity contribution < 1.29 is 9.53 Å². The fourth-order valence-corrected chi connectivity index (χ4v) is 4.21. The smallest absolute Gasteiger partial charge is 0.264 e. The van der Waals surface area contributed by atoms with E-state index in [9.17, 15) is 10.1 Å². The van der Waals surface area contributed by atoms with Crippen LogP contribution in [0.15, 0.2) is 35.9 Å². The third-order valence-electron chi connectivity index (χ3n) is 5.91. The van der Waals surface area contributed by atoms with Gasteiger partial charge >= 0.3 is 0 Å². The highest BCUT2D eigenvalue weighted by Crippen LogP contribution is 2.24. The van der Waals surface area contributed by atoms with E-state index in [1.54, 1.807) is 18.0 Å². The van der Waals surface area contributed by atoms with E-state index in [1.165, 1.54) is 0 Å². The monoisotopic (exact) mass is 434 g/mol. The van der Waals surface area contributed by atoms with Crippen LogP contribution in [0.5, 0.6) is 0 Å². The lowest BCUT2D eigenvalue weighted by molar-refractivity contribution is -0.125. The molecule has 0 aliphatic carbocycles.